The third kappa shape index (κ3) is 2.62. The van der Waals surface area contributed by atoms with E-state index in [1.54, 1.807) is 0 Å². The van der Waals surface area contributed by atoms with Gasteiger partial charge in [0.15, 0.2) is 0 Å². The maximum Gasteiger partial charge on any atom is 0.0618 e. The number of nitrogens with one attached hydrogen (secondary N) is 1. The van der Waals surface area contributed by atoms with E-state index in [-0.39, 0.29) is 0 Å². The molecule has 0 aliphatic carbocycles. The first-order valence-electron chi connectivity index (χ1n) is 7.73. The Morgan fingerprint density at radius 2 is 1.86 bits per heavy atom. The van der Waals surface area contributed by atoms with Crippen molar-refractivity contribution in [1.29, 1.82) is 0 Å². The van der Waals surface area contributed by atoms with E-state index in [4.69, 9.17) is 0 Å². The Bertz CT molecular complexity index is 635. The van der Waals surface area contributed by atoms with Gasteiger partial charge in [0.25, 0.3) is 0 Å². The van der Waals surface area contributed by atoms with Crippen molar-refractivity contribution in [1.82, 2.24) is 0 Å². The van der Waals surface area contributed by atoms with Gasteiger partial charge in [-0.05, 0) is 42.7 Å². The zero-order valence-corrected chi connectivity index (χ0v) is 12.9. The summed E-state index contributed by atoms with van der Waals surface area (Å²) in [6.45, 7) is 2.40. The second-order valence-corrected chi connectivity index (χ2v) is 6.85. The fourth-order valence-corrected chi connectivity index (χ4v) is 4.41. The van der Waals surface area contributed by atoms with Gasteiger partial charge in [-0.1, -0.05) is 24.3 Å². The van der Waals surface area contributed by atoms with Crippen molar-refractivity contribution in [3.63, 3.8) is 0 Å². The molecule has 0 spiro atoms. The molecule has 1 N–H and O–H groups in total. The van der Waals surface area contributed by atoms with Gasteiger partial charge in [0.1, 0.15) is 0 Å². The molecule has 0 amide bonds. The van der Waals surface area contributed by atoms with Crippen molar-refractivity contribution in [2.24, 2.45) is 0 Å². The third-order valence-electron chi connectivity index (χ3n) is 4.36. The Morgan fingerprint density at radius 1 is 1.00 bits per heavy atom. The monoisotopic (exact) mass is 296 g/mol. The highest BCUT2D eigenvalue weighted by molar-refractivity contribution is 7.99. The normalized spacial score (nSPS) is 20.6. The van der Waals surface area contributed by atoms with Crippen molar-refractivity contribution < 1.29 is 0 Å². The van der Waals surface area contributed by atoms with Crippen molar-refractivity contribution in [2.45, 2.75) is 23.8 Å². The second-order valence-electron chi connectivity index (χ2n) is 5.79. The van der Waals surface area contributed by atoms with Crippen molar-refractivity contribution in [2.75, 3.05) is 29.1 Å². The smallest absolute Gasteiger partial charge is 0.0618 e. The number of hydrogen-bond donors (Lipinski definition) is 1. The molecule has 108 valence electrons. The summed E-state index contributed by atoms with van der Waals surface area (Å²) in [5, 5.41) is 3.71. The number of fused-ring (bicyclic) bond motifs is 1. The van der Waals surface area contributed by atoms with Crippen molar-refractivity contribution in [3.05, 3.63) is 54.1 Å². The molecule has 2 nitrogen and oxygen atoms in total. The number of thioether (sulfide) groups is 1. The highest BCUT2D eigenvalue weighted by Crippen LogP contribution is 2.39. The minimum absolute atomic E-state index is 0.431. The minimum atomic E-state index is 0.431. The molecular weight excluding hydrogens is 276 g/mol. The molecule has 4 rings (SSSR count). The van der Waals surface area contributed by atoms with Crippen LogP contribution in [0.1, 0.15) is 24.4 Å². The van der Waals surface area contributed by atoms with Gasteiger partial charge in [-0.25, -0.2) is 0 Å². The summed E-state index contributed by atoms with van der Waals surface area (Å²) in [7, 11) is 0. The van der Waals surface area contributed by atoms with Crippen molar-refractivity contribution in [3.8, 4) is 0 Å². The molecule has 0 radical (unpaired) electrons. The molecule has 3 heteroatoms. The number of rotatable bonds is 3. The van der Waals surface area contributed by atoms with E-state index in [0.29, 0.717) is 6.04 Å². The summed E-state index contributed by atoms with van der Waals surface area (Å²) in [6, 6.07) is 18.1. The lowest BCUT2D eigenvalue weighted by molar-refractivity contribution is 0.898. The predicted molar refractivity (Wildman–Crippen MR) is 91.4 cm³/mol. The van der Waals surface area contributed by atoms with Gasteiger partial charge in [-0.15, -0.1) is 11.8 Å². The van der Waals surface area contributed by atoms with E-state index in [0.717, 1.165) is 5.75 Å². The highest BCUT2D eigenvalue weighted by atomic mass is 32.2. The van der Waals surface area contributed by atoms with Crippen LogP contribution in [-0.2, 0) is 0 Å². The predicted octanol–water partition coefficient (Wildman–Crippen LogP) is 4.55. The molecule has 1 atom stereocenters. The van der Waals surface area contributed by atoms with Crippen LogP contribution in [0.15, 0.2) is 53.4 Å². The summed E-state index contributed by atoms with van der Waals surface area (Å²) in [6.07, 6.45) is 2.65. The molecule has 0 aromatic heterocycles. The van der Waals surface area contributed by atoms with Gasteiger partial charge in [-0.2, -0.15) is 0 Å². The topological polar surface area (TPSA) is 15.3 Å². The van der Waals surface area contributed by atoms with E-state index in [1.807, 2.05) is 11.8 Å². The van der Waals surface area contributed by atoms with Crippen LogP contribution < -0.4 is 10.2 Å². The number of benzene rings is 2. The molecule has 21 heavy (non-hydrogen) atoms. The van der Waals surface area contributed by atoms with E-state index < -0.39 is 0 Å². The molecule has 1 unspecified atom stereocenters. The van der Waals surface area contributed by atoms with Gasteiger partial charge in [0.05, 0.1) is 6.04 Å². The molecule has 2 aliphatic rings. The highest BCUT2D eigenvalue weighted by Gasteiger charge is 2.22. The average molecular weight is 296 g/mol. The molecular formula is C18H20N2S. The van der Waals surface area contributed by atoms with Crippen LogP contribution in [-0.4, -0.2) is 18.8 Å². The van der Waals surface area contributed by atoms with E-state index >= 15 is 0 Å². The average Bonchev–Trinajstić information content (AvgIpc) is 3.18. The van der Waals surface area contributed by atoms with E-state index in [1.165, 1.54) is 47.8 Å². The summed E-state index contributed by atoms with van der Waals surface area (Å²) >= 11 is 1.95. The van der Waals surface area contributed by atoms with E-state index in [9.17, 15) is 0 Å². The summed E-state index contributed by atoms with van der Waals surface area (Å²) in [4.78, 5) is 3.91. The van der Waals surface area contributed by atoms with Gasteiger partial charge in [0, 0.05) is 35.1 Å². The van der Waals surface area contributed by atoms with Gasteiger partial charge < -0.3 is 10.2 Å². The molecule has 0 saturated carbocycles. The van der Waals surface area contributed by atoms with Crippen molar-refractivity contribution >= 4 is 23.1 Å². The summed E-state index contributed by atoms with van der Waals surface area (Å²) in [5.41, 5.74) is 4.03. The van der Waals surface area contributed by atoms with Gasteiger partial charge in [-0.3, -0.25) is 0 Å². The fraction of sp³-hybridized carbons (Fsp3) is 0.333. The SMILES string of the molecule is c1cc(NC2CSc3ccccc32)cc(N2CCCC2)c1. The molecule has 1 saturated heterocycles. The Labute approximate surface area is 130 Å². The van der Waals surface area contributed by atoms with Gasteiger partial charge in [0.2, 0.25) is 0 Å². The van der Waals surface area contributed by atoms with Crippen LogP contribution in [0, 0.1) is 0 Å². The third-order valence-corrected chi connectivity index (χ3v) is 5.54. The van der Waals surface area contributed by atoms with Gasteiger partial charge >= 0.3 is 0 Å². The van der Waals surface area contributed by atoms with Crippen LogP contribution >= 0.6 is 11.8 Å². The number of anilines is 2. The second kappa shape index (κ2) is 5.64. The number of hydrogen-bond acceptors (Lipinski definition) is 3. The van der Waals surface area contributed by atoms with E-state index in [2.05, 4.69) is 58.7 Å². The largest absolute Gasteiger partial charge is 0.377 e. The zero-order valence-electron chi connectivity index (χ0n) is 12.1. The van der Waals surface area contributed by atoms with Crippen LogP contribution in [0.5, 0.6) is 0 Å². The molecule has 2 heterocycles. The van der Waals surface area contributed by atoms with Crippen LogP contribution in [0.3, 0.4) is 0 Å². The first-order chi connectivity index (χ1) is 10.4. The Hall–Kier alpha value is -1.61. The van der Waals surface area contributed by atoms with Crippen LogP contribution in [0.4, 0.5) is 11.4 Å². The number of nitrogens with zero attached hydrogens (tertiary/aromatic N) is 1. The first-order valence-corrected chi connectivity index (χ1v) is 8.72. The molecule has 1 fully saturated rings. The van der Waals surface area contributed by atoms with Crippen LogP contribution in [0.25, 0.3) is 0 Å². The molecule has 2 aromatic rings. The Morgan fingerprint density at radius 3 is 2.76 bits per heavy atom. The lowest BCUT2D eigenvalue weighted by Gasteiger charge is -2.20. The quantitative estimate of drug-likeness (QED) is 0.895. The molecule has 0 bridgehead atoms. The molecule has 2 aliphatic heterocycles. The summed E-state index contributed by atoms with van der Waals surface area (Å²) < 4.78 is 0. The molecule has 2 aromatic carbocycles. The lowest BCUT2D eigenvalue weighted by atomic mass is 10.1. The Balaban J connectivity index is 1.54. The van der Waals surface area contributed by atoms with Crippen LogP contribution in [0.2, 0.25) is 0 Å². The maximum absolute atomic E-state index is 3.71. The lowest BCUT2D eigenvalue weighted by Crippen LogP contribution is -2.18. The maximum atomic E-state index is 3.71. The fourth-order valence-electron chi connectivity index (χ4n) is 3.25. The first kappa shape index (κ1) is 13.1. The zero-order chi connectivity index (χ0) is 14.1. The Kier molecular flexibility index (Phi) is 3.52. The minimum Gasteiger partial charge on any atom is -0.377 e. The summed E-state index contributed by atoms with van der Waals surface area (Å²) in [5.74, 6) is 1.12. The standard InChI is InChI=1S/C18H20N2S/c1-2-9-18-16(8-1)17(13-21-18)19-14-6-5-7-15(12-14)20-10-3-4-11-20/h1-2,5-9,12,17,19H,3-4,10-11,13H2.